The molecule has 5 rings (SSSR count). The molecule has 202 valence electrons. The number of benzene rings is 3. The van der Waals surface area contributed by atoms with Gasteiger partial charge in [0.2, 0.25) is 0 Å². The molecule has 0 radical (unpaired) electrons. The average Bonchev–Trinajstić information content (AvgIpc) is 3.31. The maximum absolute atomic E-state index is 14.2. The van der Waals surface area contributed by atoms with Gasteiger partial charge < -0.3 is 20.1 Å². The largest absolute Gasteiger partial charge is 0.497 e. The number of rotatable bonds is 9. The van der Waals surface area contributed by atoms with Crippen LogP contribution in [-0.4, -0.2) is 34.8 Å². The molecule has 2 N–H and O–H groups in total. The van der Waals surface area contributed by atoms with Gasteiger partial charge in [0.05, 0.1) is 13.7 Å². The van der Waals surface area contributed by atoms with Gasteiger partial charge in [0.1, 0.15) is 22.6 Å². The summed E-state index contributed by atoms with van der Waals surface area (Å²) in [4.78, 5) is 16.3. The normalized spacial score (nSPS) is 11.3. The number of anilines is 2. The zero-order valence-electron chi connectivity index (χ0n) is 22.3. The van der Waals surface area contributed by atoms with Gasteiger partial charge >= 0.3 is 0 Å². The summed E-state index contributed by atoms with van der Waals surface area (Å²) in [6.45, 7) is 2.48. The van der Waals surface area contributed by atoms with E-state index in [0.29, 0.717) is 46.1 Å². The van der Waals surface area contributed by atoms with Gasteiger partial charge in [-0.25, -0.2) is 14.1 Å². The lowest BCUT2D eigenvalue weighted by atomic mass is 10.1. The Morgan fingerprint density at radius 2 is 1.77 bits per heavy atom. The second-order valence-electron chi connectivity index (χ2n) is 9.10. The molecule has 0 aliphatic carbocycles. The number of pyridine rings is 1. The van der Waals surface area contributed by atoms with Crippen molar-refractivity contribution in [2.24, 2.45) is 0 Å². The topological polar surface area (TPSA) is 90.3 Å². The van der Waals surface area contributed by atoms with Crippen molar-refractivity contribution in [3.63, 3.8) is 0 Å². The lowest BCUT2D eigenvalue weighted by Gasteiger charge is -2.09. The summed E-state index contributed by atoms with van der Waals surface area (Å²) < 4.78 is 27.5. The molecule has 0 aliphatic heterocycles. The molecule has 0 aliphatic rings. The number of fused-ring (bicyclic) bond motifs is 1. The fraction of sp³-hybridized carbons (Fsp3) is 0.129. The van der Waals surface area contributed by atoms with Crippen molar-refractivity contribution in [3.05, 3.63) is 108 Å². The second kappa shape index (κ2) is 11.7. The smallest absolute Gasteiger partial charge is 0.279 e. The lowest BCUT2D eigenvalue weighted by molar-refractivity contribution is -0.118. The number of aryl methyl sites for hydroxylation is 1. The molecule has 1 amide bonds. The van der Waals surface area contributed by atoms with Crippen LogP contribution in [0.3, 0.4) is 0 Å². The molecule has 2 aromatic heterocycles. The van der Waals surface area contributed by atoms with Crippen LogP contribution in [0.15, 0.2) is 90.9 Å². The third-order valence-electron chi connectivity index (χ3n) is 6.22. The van der Waals surface area contributed by atoms with E-state index in [-0.39, 0.29) is 0 Å². The first-order valence-corrected chi connectivity index (χ1v) is 12.6. The highest BCUT2D eigenvalue weighted by molar-refractivity contribution is 5.96. The first kappa shape index (κ1) is 26.4. The zero-order chi connectivity index (χ0) is 28.1. The zero-order valence-corrected chi connectivity index (χ0v) is 22.3. The van der Waals surface area contributed by atoms with Crippen molar-refractivity contribution in [2.45, 2.75) is 13.5 Å². The highest BCUT2D eigenvalue weighted by Crippen LogP contribution is 2.36. The van der Waals surface area contributed by atoms with E-state index in [1.165, 1.54) is 13.1 Å². The molecule has 2 heterocycles. The number of aromatic nitrogens is 3. The molecule has 3 aromatic carbocycles. The fourth-order valence-electron chi connectivity index (χ4n) is 4.16. The van der Waals surface area contributed by atoms with Crippen molar-refractivity contribution in [1.82, 2.24) is 20.1 Å². The minimum atomic E-state index is -0.883. The Hall–Kier alpha value is -5.18. The van der Waals surface area contributed by atoms with E-state index in [1.54, 1.807) is 42.3 Å². The standard InChI is InChI=1S/C31H28FN5O3/c1-20-7-11-25(12-8-20)40-27-15-16-34-30-28(27)29(36-37(30)19-21-9-13-24(39-3)14-10-21)35-23-6-4-5-22(17-23)18-26(32)31(38)33-2/h4-18H,19H2,1-3H3,(H,33,38)(H,35,36)/b26-18-. The number of ether oxygens (including phenoxy) is 2. The summed E-state index contributed by atoms with van der Waals surface area (Å²) in [7, 11) is 3.01. The SMILES string of the molecule is CNC(=O)/C(F)=C/c1cccc(Nc2nn(Cc3ccc(OC)cc3)c3nccc(Oc4ccc(C)cc4)c23)c1. The van der Waals surface area contributed by atoms with Crippen molar-refractivity contribution < 1.29 is 18.7 Å². The number of nitrogens with zero attached hydrogens (tertiary/aromatic N) is 3. The van der Waals surface area contributed by atoms with Crippen molar-refractivity contribution >= 4 is 34.5 Å². The molecule has 0 fully saturated rings. The minimum Gasteiger partial charge on any atom is -0.497 e. The van der Waals surface area contributed by atoms with Crippen molar-refractivity contribution in [1.29, 1.82) is 0 Å². The number of carbonyl (C=O) groups is 1. The number of likely N-dealkylation sites (N-methyl/N-ethyl adjacent to an activating group) is 1. The number of hydrogen-bond acceptors (Lipinski definition) is 6. The molecule has 0 atom stereocenters. The summed E-state index contributed by atoms with van der Waals surface area (Å²) in [5.74, 6) is 0.886. The Morgan fingerprint density at radius 3 is 2.50 bits per heavy atom. The average molecular weight is 538 g/mol. The van der Waals surface area contributed by atoms with Gasteiger partial charge in [-0.2, -0.15) is 5.10 Å². The molecule has 0 unspecified atom stereocenters. The summed E-state index contributed by atoms with van der Waals surface area (Å²) >= 11 is 0. The fourth-order valence-corrected chi connectivity index (χ4v) is 4.16. The quantitative estimate of drug-likeness (QED) is 0.212. The van der Waals surface area contributed by atoms with Crippen molar-refractivity contribution in [2.75, 3.05) is 19.5 Å². The number of hydrogen-bond donors (Lipinski definition) is 2. The highest BCUT2D eigenvalue weighted by Gasteiger charge is 2.18. The van der Waals surface area contributed by atoms with Gasteiger partial charge in [-0.3, -0.25) is 4.79 Å². The summed E-state index contributed by atoms with van der Waals surface area (Å²) in [5.41, 5.74) is 3.94. The second-order valence-corrected chi connectivity index (χ2v) is 9.10. The van der Waals surface area contributed by atoms with Crippen LogP contribution >= 0.6 is 0 Å². The summed E-state index contributed by atoms with van der Waals surface area (Å²) in [6, 6.07) is 24.4. The van der Waals surface area contributed by atoms with Crippen LogP contribution in [-0.2, 0) is 11.3 Å². The minimum absolute atomic E-state index is 0.462. The predicted molar refractivity (Wildman–Crippen MR) is 154 cm³/mol. The van der Waals surface area contributed by atoms with E-state index < -0.39 is 11.7 Å². The van der Waals surface area contributed by atoms with Crippen LogP contribution in [0.4, 0.5) is 15.9 Å². The number of methoxy groups -OCH3 is 1. The number of amides is 1. The molecule has 9 heteroatoms. The van der Waals surface area contributed by atoms with Crippen LogP contribution in [0.25, 0.3) is 17.1 Å². The highest BCUT2D eigenvalue weighted by atomic mass is 19.1. The maximum Gasteiger partial charge on any atom is 0.279 e. The Balaban J connectivity index is 1.55. The van der Waals surface area contributed by atoms with Gasteiger partial charge in [-0.05, 0) is 60.5 Å². The predicted octanol–water partition coefficient (Wildman–Crippen LogP) is 6.39. The molecule has 0 bridgehead atoms. The van der Waals surface area contributed by atoms with E-state index in [4.69, 9.17) is 14.6 Å². The van der Waals surface area contributed by atoms with E-state index in [1.807, 2.05) is 61.5 Å². The van der Waals surface area contributed by atoms with Crippen LogP contribution in [0.2, 0.25) is 0 Å². The Kier molecular flexibility index (Phi) is 7.72. The molecule has 40 heavy (non-hydrogen) atoms. The Morgan fingerprint density at radius 1 is 1.02 bits per heavy atom. The lowest BCUT2D eigenvalue weighted by Crippen LogP contribution is -2.17. The third kappa shape index (κ3) is 5.94. The van der Waals surface area contributed by atoms with Gasteiger partial charge in [0.25, 0.3) is 5.91 Å². The van der Waals surface area contributed by atoms with Crippen LogP contribution in [0.5, 0.6) is 17.2 Å². The summed E-state index contributed by atoms with van der Waals surface area (Å²) in [6.07, 6.45) is 2.87. The van der Waals surface area contributed by atoms with Crippen LogP contribution in [0.1, 0.15) is 16.7 Å². The van der Waals surface area contributed by atoms with Gasteiger partial charge in [-0.1, -0.05) is 42.0 Å². The summed E-state index contributed by atoms with van der Waals surface area (Å²) in [5, 5.41) is 11.2. The molecular weight excluding hydrogens is 509 g/mol. The number of carbonyl (C=O) groups excluding carboxylic acids is 1. The number of halogens is 1. The van der Waals surface area contributed by atoms with Gasteiger partial charge in [-0.15, -0.1) is 0 Å². The van der Waals surface area contributed by atoms with E-state index in [0.717, 1.165) is 16.9 Å². The monoisotopic (exact) mass is 537 g/mol. The molecule has 0 saturated carbocycles. The van der Waals surface area contributed by atoms with E-state index >= 15 is 0 Å². The molecule has 5 aromatic rings. The van der Waals surface area contributed by atoms with Crippen molar-refractivity contribution in [3.8, 4) is 17.2 Å². The van der Waals surface area contributed by atoms with E-state index in [9.17, 15) is 9.18 Å². The van der Waals surface area contributed by atoms with Crippen LogP contribution in [0, 0.1) is 6.92 Å². The maximum atomic E-state index is 14.2. The van der Waals surface area contributed by atoms with Gasteiger partial charge in [0.15, 0.2) is 17.3 Å². The Labute approximate surface area is 231 Å². The first-order valence-electron chi connectivity index (χ1n) is 12.6. The van der Waals surface area contributed by atoms with Crippen LogP contribution < -0.4 is 20.1 Å². The molecule has 0 spiro atoms. The molecular formula is C31H28FN5O3. The first-order chi connectivity index (χ1) is 19.4. The Bertz CT molecular complexity index is 1680. The molecule has 0 saturated heterocycles. The number of nitrogens with one attached hydrogen (secondary N) is 2. The van der Waals surface area contributed by atoms with Gasteiger partial charge in [0, 0.05) is 25.0 Å². The third-order valence-corrected chi connectivity index (χ3v) is 6.22. The van der Waals surface area contributed by atoms with E-state index in [2.05, 4.69) is 15.6 Å². The molecule has 8 nitrogen and oxygen atoms in total.